The van der Waals surface area contributed by atoms with Crippen molar-refractivity contribution in [2.75, 3.05) is 12.8 Å². The van der Waals surface area contributed by atoms with Crippen molar-refractivity contribution in [2.45, 2.75) is 17.8 Å². The van der Waals surface area contributed by atoms with Crippen LogP contribution in [0.4, 0.5) is 5.69 Å². The number of nitrogens with zero attached hydrogens (tertiary/aromatic N) is 1. The Balaban J connectivity index is 1.80. The van der Waals surface area contributed by atoms with Gasteiger partial charge < -0.3 is 15.5 Å². The van der Waals surface area contributed by atoms with Crippen molar-refractivity contribution in [1.29, 1.82) is 0 Å². The Morgan fingerprint density at radius 2 is 2.14 bits per heavy atom. The molecule has 0 aliphatic carbocycles. The lowest BCUT2D eigenvalue weighted by Crippen LogP contribution is -1.94. The number of methoxy groups -OCH3 is 1. The number of aromatic amines is 1. The molecular formula is C16H17N3OS. The molecule has 21 heavy (non-hydrogen) atoms. The summed E-state index contributed by atoms with van der Waals surface area (Å²) in [6, 6.07) is 11.8. The second-order valence-corrected chi connectivity index (χ2v) is 5.81. The quantitative estimate of drug-likeness (QED) is 0.569. The van der Waals surface area contributed by atoms with Gasteiger partial charge in [0.2, 0.25) is 0 Å². The summed E-state index contributed by atoms with van der Waals surface area (Å²) in [6.45, 7) is 2.05. The summed E-state index contributed by atoms with van der Waals surface area (Å²) in [5.74, 6) is 1.67. The molecule has 0 bridgehead atoms. The van der Waals surface area contributed by atoms with Gasteiger partial charge in [-0.2, -0.15) is 0 Å². The molecule has 0 aliphatic heterocycles. The maximum Gasteiger partial charge on any atom is 0.166 e. The topological polar surface area (TPSA) is 63.9 Å². The lowest BCUT2D eigenvalue weighted by Gasteiger charge is -2.06. The fourth-order valence-corrected chi connectivity index (χ4v) is 3.12. The van der Waals surface area contributed by atoms with Crippen LogP contribution in [0, 0.1) is 6.92 Å². The second-order valence-electron chi connectivity index (χ2n) is 4.85. The molecule has 1 aromatic heterocycles. The average molecular weight is 299 g/mol. The molecule has 0 fully saturated rings. The van der Waals surface area contributed by atoms with Crippen LogP contribution in [0.5, 0.6) is 5.75 Å². The number of hydrogen-bond acceptors (Lipinski definition) is 4. The minimum atomic E-state index is 0.828. The van der Waals surface area contributed by atoms with Crippen LogP contribution < -0.4 is 10.5 Å². The molecule has 3 rings (SSSR count). The van der Waals surface area contributed by atoms with E-state index in [0.717, 1.165) is 38.9 Å². The molecule has 2 aromatic carbocycles. The third-order valence-electron chi connectivity index (χ3n) is 3.52. The number of nitrogens with one attached hydrogen (secondary N) is 1. The standard InChI is InChI=1S/C16H17N3OS/c1-10-11(4-3-5-13(10)17)9-21-16-18-14-7-6-12(20-2)8-15(14)19-16/h3-8H,9,17H2,1-2H3,(H,18,19). The smallest absolute Gasteiger partial charge is 0.166 e. The maximum atomic E-state index is 5.94. The van der Waals surface area contributed by atoms with E-state index in [0.29, 0.717) is 0 Å². The molecule has 0 aliphatic rings. The van der Waals surface area contributed by atoms with Crippen LogP contribution in [-0.2, 0) is 5.75 Å². The third-order valence-corrected chi connectivity index (χ3v) is 4.44. The first-order valence-electron chi connectivity index (χ1n) is 6.68. The Labute approximate surface area is 127 Å². The summed E-state index contributed by atoms with van der Waals surface area (Å²) in [6.07, 6.45) is 0. The van der Waals surface area contributed by atoms with Crippen LogP contribution in [0.25, 0.3) is 11.0 Å². The van der Waals surface area contributed by atoms with Crippen LogP contribution in [-0.4, -0.2) is 17.1 Å². The summed E-state index contributed by atoms with van der Waals surface area (Å²) in [4.78, 5) is 7.89. The van der Waals surface area contributed by atoms with E-state index in [-0.39, 0.29) is 0 Å². The highest BCUT2D eigenvalue weighted by molar-refractivity contribution is 7.98. The summed E-state index contributed by atoms with van der Waals surface area (Å²) in [5, 5.41) is 0.903. The van der Waals surface area contributed by atoms with Crippen molar-refractivity contribution in [3.05, 3.63) is 47.5 Å². The lowest BCUT2D eigenvalue weighted by molar-refractivity contribution is 0.415. The van der Waals surface area contributed by atoms with Gasteiger partial charge >= 0.3 is 0 Å². The van der Waals surface area contributed by atoms with Gasteiger partial charge in [0.15, 0.2) is 5.16 Å². The number of ether oxygens (including phenoxy) is 1. The molecule has 0 spiro atoms. The first kappa shape index (κ1) is 13.8. The molecule has 108 valence electrons. The highest BCUT2D eigenvalue weighted by Crippen LogP contribution is 2.27. The normalized spacial score (nSPS) is 11.0. The van der Waals surface area contributed by atoms with Crippen LogP contribution in [0.3, 0.4) is 0 Å². The number of rotatable bonds is 4. The van der Waals surface area contributed by atoms with E-state index in [4.69, 9.17) is 10.5 Å². The van der Waals surface area contributed by atoms with Crippen LogP contribution in [0.2, 0.25) is 0 Å². The van der Waals surface area contributed by atoms with E-state index in [2.05, 4.69) is 23.0 Å². The zero-order valence-corrected chi connectivity index (χ0v) is 12.8. The van der Waals surface area contributed by atoms with E-state index < -0.39 is 0 Å². The molecule has 3 aromatic rings. The fraction of sp³-hybridized carbons (Fsp3) is 0.188. The third kappa shape index (κ3) is 2.83. The van der Waals surface area contributed by atoms with Gasteiger partial charge in [0.05, 0.1) is 18.1 Å². The van der Waals surface area contributed by atoms with E-state index in [1.165, 1.54) is 5.56 Å². The predicted molar refractivity (Wildman–Crippen MR) is 87.8 cm³/mol. The van der Waals surface area contributed by atoms with Gasteiger partial charge in [-0.3, -0.25) is 0 Å². The zero-order valence-electron chi connectivity index (χ0n) is 12.0. The maximum absolute atomic E-state index is 5.94. The van der Waals surface area contributed by atoms with E-state index in [1.54, 1.807) is 18.9 Å². The number of fused-ring (bicyclic) bond motifs is 1. The number of H-pyrrole nitrogens is 1. The molecule has 0 saturated carbocycles. The molecule has 3 N–H and O–H groups in total. The number of aromatic nitrogens is 2. The molecule has 4 nitrogen and oxygen atoms in total. The number of imidazole rings is 1. The zero-order chi connectivity index (χ0) is 14.8. The molecular weight excluding hydrogens is 282 g/mol. The van der Waals surface area contributed by atoms with E-state index in [1.807, 2.05) is 30.3 Å². The molecule has 0 amide bonds. The predicted octanol–water partition coefficient (Wildman–Crippen LogP) is 3.75. The molecule has 1 heterocycles. The summed E-state index contributed by atoms with van der Waals surface area (Å²) >= 11 is 1.67. The fourth-order valence-electron chi connectivity index (χ4n) is 2.17. The number of benzene rings is 2. The Bertz CT molecular complexity index is 782. The van der Waals surface area contributed by atoms with Crippen molar-refractivity contribution in [1.82, 2.24) is 9.97 Å². The van der Waals surface area contributed by atoms with Crippen LogP contribution in [0.1, 0.15) is 11.1 Å². The van der Waals surface area contributed by atoms with Gasteiger partial charge in [0.1, 0.15) is 5.75 Å². The van der Waals surface area contributed by atoms with Crippen molar-refractivity contribution < 1.29 is 4.74 Å². The van der Waals surface area contributed by atoms with Crippen LogP contribution in [0.15, 0.2) is 41.6 Å². The SMILES string of the molecule is COc1ccc2nc(SCc3cccc(N)c3C)[nH]c2c1. The number of thioether (sulfide) groups is 1. The van der Waals surface area contributed by atoms with Gasteiger partial charge in [0, 0.05) is 17.5 Å². The molecule has 0 radical (unpaired) electrons. The van der Waals surface area contributed by atoms with Gasteiger partial charge in [-0.1, -0.05) is 23.9 Å². The van der Waals surface area contributed by atoms with E-state index >= 15 is 0 Å². The second kappa shape index (κ2) is 5.69. The molecule has 5 heteroatoms. The first-order valence-corrected chi connectivity index (χ1v) is 7.66. The lowest BCUT2D eigenvalue weighted by atomic mass is 10.1. The van der Waals surface area contributed by atoms with Gasteiger partial charge in [0.25, 0.3) is 0 Å². The summed E-state index contributed by atoms with van der Waals surface area (Å²) < 4.78 is 5.22. The van der Waals surface area contributed by atoms with Crippen LogP contribution >= 0.6 is 11.8 Å². The summed E-state index contributed by atoms with van der Waals surface area (Å²) in [7, 11) is 1.66. The Hall–Kier alpha value is -2.14. The largest absolute Gasteiger partial charge is 0.497 e. The number of nitrogen functional groups attached to an aromatic ring is 1. The van der Waals surface area contributed by atoms with Gasteiger partial charge in [-0.05, 0) is 36.2 Å². The molecule has 0 saturated heterocycles. The van der Waals surface area contributed by atoms with Gasteiger partial charge in [-0.15, -0.1) is 0 Å². The van der Waals surface area contributed by atoms with Crippen molar-refractivity contribution >= 4 is 28.5 Å². The number of nitrogens with two attached hydrogens (primary N) is 1. The van der Waals surface area contributed by atoms with E-state index in [9.17, 15) is 0 Å². The highest BCUT2D eigenvalue weighted by Gasteiger charge is 2.07. The van der Waals surface area contributed by atoms with Crippen molar-refractivity contribution in [2.24, 2.45) is 0 Å². The monoisotopic (exact) mass is 299 g/mol. The molecule has 0 unspecified atom stereocenters. The summed E-state index contributed by atoms with van der Waals surface area (Å²) in [5.41, 5.74) is 11.1. The average Bonchev–Trinajstić information content (AvgIpc) is 2.90. The highest BCUT2D eigenvalue weighted by atomic mass is 32.2. The Kier molecular flexibility index (Phi) is 3.75. The number of hydrogen-bond donors (Lipinski definition) is 2. The Morgan fingerprint density at radius 3 is 2.95 bits per heavy atom. The van der Waals surface area contributed by atoms with Gasteiger partial charge in [-0.25, -0.2) is 4.98 Å². The minimum absolute atomic E-state index is 0.828. The minimum Gasteiger partial charge on any atom is -0.497 e. The van der Waals surface area contributed by atoms with Crippen molar-refractivity contribution in [3.63, 3.8) is 0 Å². The number of anilines is 1. The first-order chi connectivity index (χ1) is 10.2. The Morgan fingerprint density at radius 1 is 1.29 bits per heavy atom. The van der Waals surface area contributed by atoms with Crippen molar-refractivity contribution in [3.8, 4) is 5.75 Å². The molecule has 0 atom stereocenters.